The molecule has 2 unspecified atom stereocenters. The molecule has 210 valence electrons. The van der Waals surface area contributed by atoms with Crippen molar-refractivity contribution in [2.75, 3.05) is 44.2 Å². The zero-order valence-corrected chi connectivity index (χ0v) is 23.2. The number of aromatic nitrogens is 2. The van der Waals surface area contributed by atoms with Crippen LogP contribution in [-0.2, 0) is 11.3 Å². The molecule has 0 radical (unpaired) electrons. The van der Waals surface area contributed by atoms with Gasteiger partial charge in [-0.1, -0.05) is 30.3 Å². The summed E-state index contributed by atoms with van der Waals surface area (Å²) in [4.78, 5) is 32.1. The van der Waals surface area contributed by atoms with Crippen LogP contribution in [0.1, 0.15) is 31.7 Å². The molecule has 5 rings (SSSR count). The number of hydrogen-bond acceptors (Lipinski definition) is 8. The molecule has 0 spiro atoms. The Balaban J connectivity index is 1.30. The van der Waals surface area contributed by atoms with E-state index in [-0.39, 0.29) is 12.6 Å². The number of rotatable bonds is 9. The van der Waals surface area contributed by atoms with Crippen LogP contribution in [0.25, 0.3) is 11.1 Å². The number of piperazine rings is 1. The standard InChI is InChI=1S/C31H39N7O2/c1-23-20-36(22-30(39)40)14-15-37(23)21-24-6-4-9-27(16-24)35-28-8-3-2-7-25(17-28)26-18-33-31(34-19-26)38-13-5-10-29(38)11-12-32/h2-4,6-9,16-19,23,29H,5,10-15,20-22,32H2,1H3,(H,39,40). The molecule has 3 N–H and O–H groups in total. The van der Waals surface area contributed by atoms with Gasteiger partial charge in [0.25, 0.3) is 0 Å². The maximum atomic E-state index is 11.1. The third-order valence-electron chi connectivity index (χ3n) is 7.83. The van der Waals surface area contributed by atoms with Gasteiger partial charge in [-0.25, -0.2) is 15.0 Å². The lowest BCUT2D eigenvalue weighted by Crippen LogP contribution is -2.52. The van der Waals surface area contributed by atoms with Crippen molar-refractivity contribution in [3.05, 3.63) is 77.9 Å². The highest BCUT2D eigenvalue weighted by atomic mass is 16.4. The maximum Gasteiger partial charge on any atom is 0.317 e. The first-order valence-electron chi connectivity index (χ1n) is 14.2. The number of carboxylic acids is 1. The number of carboxylic acid groups (broad SMARTS) is 1. The van der Waals surface area contributed by atoms with Crippen LogP contribution in [-0.4, -0.2) is 82.2 Å². The largest absolute Gasteiger partial charge is 0.480 e. The van der Waals surface area contributed by atoms with E-state index in [0.29, 0.717) is 12.6 Å². The first-order chi connectivity index (χ1) is 19.5. The topological polar surface area (TPSA) is 111 Å². The van der Waals surface area contributed by atoms with Crippen LogP contribution in [0.4, 0.5) is 11.6 Å². The lowest BCUT2D eigenvalue weighted by molar-refractivity contribution is -0.139. The van der Waals surface area contributed by atoms with Gasteiger partial charge in [-0.05, 0) is 68.1 Å². The second-order valence-electron chi connectivity index (χ2n) is 10.8. The van der Waals surface area contributed by atoms with Crippen molar-refractivity contribution < 1.29 is 9.90 Å². The molecule has 0 saturated carbocycles. The molecule has 40 heavy (non-hydrogen) atoms. The number of hydrogen-bond donors (Lipinski definition) is 2. The Labute approximate surface area is 236 Å². The quantitative estimate of drug-likeness (QED) is 0.425. The highest BCUT2D eigenvalue weighted by Gasteiger charge is 2.26. The Kier molecular flexibility index (Phi) is 9.15. The van der Waals surface area contributed by atoms with E-state index in [1.165, 1.54) is 5.56 Å². The molecule has 0 amide bonds. The van der Waals surface area contributed by atoms with Gasteiger partial charge in [0.05, 0.1) is 17.6 Å². The normalized spacial score (nSPS) is 20.6. The van der Waals surface area contributed by atoms with E-state index in [4.69, 9.17) is 25.8 Å². The molecular weight excluding hydrogens is 502 g/mol. The molecule has 1 aromatic heterocycles. The van der Waals surface area contributed by atoms with E-state index in [0.717, 1.165) is 80.1 Å². The Morgan fingerprint density at radius 2 is 1.88 bits per heavy atom. The molecule has 2 aliphatic heterocycles. The van der Waals surface area contributed by atoms with Crippen molar-refractivity contribution in [2.45, 2.75) is 44.8 Å². The van der Waals surface area contributed by atoms with Crippen LogP contribution >= 0.6 is 0 Å². The van der Waals surface area contributed by atoms with Crippen molar-refractivity contribution in [1.29, 1.82) is 0 Å². The molecule has 2 fully saturated rings. The van der Waals surface area contributed by atoms with E-state index in [9.17, 15) is 4.79 Å². The molecular formula is C31H39N7O2. The predicted octanol–water partition coefficient (Wildman–Crippen LogP) is 3.28. The summed E-state index contributed by atoms with van der Waals surface area (Å²) in [6.45, 7) is 7.11. The minimum absolute atomic E-state index is 0.104. The van der Waals surface area contributed by atoms with Crippen molar-refractivity contribution >= 4 is 17.6 Å². The van der Waals surface area contributed by atoms with Gasteiger partial charge in [0, 0.05) is 62.8 Å². The summed E-state index contributed by atoms with van der Waals surface area (Å²) in [6.07, 6.45) is 7.06. The number of aliphatic carboxylic acids is 1. The van der Waals surface area contributed by atoms with E-state index < -0.39 is 5.97 Å². The molecule has 3 heterocycles. The Hall–Kier alpha value is -3.66. The first-order valence-corrected chi connectivity index (χ1v) is 14.2. The molecule has 3 aromatic rings. The summed E-state index contributed by atoms with van der Waals surface area (Å²) in [6, 6.07) is 19.2. The van der Waals surface area contributed by atoms with Gasteiger partial charge >= 0.3 is 5.97 Å². The molecule has 2 aromatic carbocycles. The van der Waals surface area contributed by atoms with E-state index in [2.05, 4.69) is 41.0 Å². The van der Waals surface area contributed by atoms with Gasteiger partial charge < -0.3 is 15.7 Å². The summed E-state index contributed by atoms with van der Waals surface area (Å²) in [5, 5.41) is 9.96. The monoisotopic (exact) mass is 541 g/mol. The van der Waals surface area contributed by atoms with E-state index >= 15 is 0 Å². The summed E-state index contributed by atoms with van der Waals surface area (Å²) in [7, 11) is 0. The smallest absolute Gasteiger partial charge is 0.317 e. The van der Waals surface area contributed by atoms with Crippen LogP contribution in [0.3, 0.4) is 0 Å². The Morgan fingerprint density at radius 1 is 1.05 bits per heavy atom. The second kappa shape index (κ2) is 13.1. The zero-order valence-electron chi connectivity index (χ0n) is 23.2. The average Bonchev–Trinajstić information content (AvgIpc) is 3.28. The summed E-state index contributed by atoms with van der Waals surface area (Å²) in [5.74, 6) is 0.00914. The molecule has 2 atom stereocenters. The van der Waals surface area contributed by atoms with Crippen molar-refractivity contribution in [3.8, 4) is 11.1 Å². The fraction of sp³-hybridized carbons (Fsp3) is 0.419. The highest BCUT2D eigenvalue weighted by Crippen LogP contribution is 2.25. The number of benzene rings is 1. The van der Waals surface area contributed by atoms with Crippen molar-refractivity contribution in [2.24, 2.45) is 10.7 Å². The number of nitrogens with two attached hydrogens (primary N) is 1. The van der Waals surface area contributed by atoms with Crippen LogP contribution in [0.5, 0.6) is 0 Å². The number of carbonyl (C=O) groups is 1. The van der Waals surface area contributed by atoms with Crippen LogP contribution in [0.2, 0.25) is 0 Å². The third-order valence-corrected chi connectivity index (χ3v) is 7.83. The molecule has 2 aliphatic rings. The van der Waals surface area contributed by atoms with Gasteiger partial charge in [0.15, 0.2) is 0 Å². The summed E-state index contributed by atoms with van der Waals surface area (Å²) < 4.78 is 0. The molecule has 0 bridgehead atoms. The van der Waals surface area contributed by atoms with Crippen LogP contribution in [0.15, 0.2) is 72.0 Å². The SMILES string of the molecule is CC1CN(CC(=O)O)CCN1Cc1cccc(N=c2ccccc(-c3cnc(N4CCCC4CCN)nc3)c2)c1. The lowest BCUT2D eigenvalue weighted by atomic mass is 10.1. The number of nitrogens with zero attached hydrogens (tertiary/aromatic N) is 6. The minimum atomic E-state index is -0.768. The summed E-state index contributed by atoms with van der Waals surface area (Å²) >= 11 is 0. The van der Waals surface area contributed by atoms with Gasteiger partial charge in [0.2, 0.25) is 5.95 Å². The second-order valence-corrected chi connectivity index (χ2v) is 10.8. The molecule has 0 aliphatic carbocycles. The third kappa shape index (κ3) is 7.10. The fourth-order valence-corrected chi connectivity index (χ4v) is 5.78. The van der Waals surface area contributed by atoms with Gasteiger partial charge in [-0.15, -0.1) is 0 Å². The first kappa shape index (κ1) is 27.9. The average molecular weight is 542 g/mol. The maximum absolute atomic E-state index is 11.1. The van der Waals surface area contributed by atoms with Crippen LogP contribution < -0.4 is 16.0 Å². The molecule has 2 saturated heterocycles. The zero-order chi connectivity index (χ0) is 27.9. The van der Waals surface area contributed by atoms with Gasteiger partial charge in [-0.3, -0.25) is 14.6 Å². The lowest BCUT2D eigenvalue weighted by Gasteiger charge is -2.39. The van der Waals surface area contributed by atoms with E-state index in [1.54, 1.807) is 0 Å². The predicted molar refractivity (Wildman–Crippen MR) is 157 cm³/mol. The number of anilines is 1. The van der Waals surface area contributed by atoms with Crippen molar-refractivity contribution in [1.82, 2.24) is 19.8 Å². The Bertz CT molecular complexity index is 1360. The summed E-state index contributed by atoms with van der Waals surface area (Å²) in [5.41, 5.74) is 9.87. The minimum Gasteiger partial charge on any atom is -0.480 e. The van der Waals surface area contributed by atoms with Crippen LogP contribution in [0, 0.1) is 0 Å². The van der Waals surface area contributed by atoms with E-state index in [1.807, 2.05) is 47.6 Å². The Morgan fingerprint density at radius 3 is 2.65 bits per heavy atom. The fourth-order valence-electron chi connectivity index (χ4n) is 5.78. The highest BCUT2D eigenvalue weighted by molar-refractivity contribution is 5.69. The van der Waals surface area contributed by atoms with Gasteiger partial charge in [-0.2, -0.15) is 0 Å². The van der Waals surface area contributed by atoms with Gasteiger partial charge in [0.1, 0.15) is 0 Å². The van der Waals surface area contributed by atoms with Crippen molar-refractivity contribution in [3.63, 3.8) is 0 Å². The molecule has 9 nitrogen and oxygen atoms in total. The molecule has 9 heteroatoms.